The van der Waals surface area contributed by atoms with Gasteiger partial charge in [0.1, 0.15) is 5.75 Å². The third kappa shape index (κ3) is 5.45. The van der Waals surface area contributed by atoms with E-state index in [0.29, 0.717) is 17.0 Å². The molecule has 0 atom stereocenters. The van der Waals surface area contributed by atoms with Gasteiger partial charge in [-0.05, 0) is 62.4 Å². The predicted molar refractivity (Wildman–Crippen MR) is 115 cm³/mol. The van der Waals surface area contributed by atoms with E-state index < -0.39 is 0 Å². The number of rotatable bonds is 7. The van der Waals surface area contributed by atoms with Gasteiger partial charge in [-0.15, -0.1) is 0 Å². The lowest BCUT2D eigenvalue weighted by Crippen LogP contribution is -2.40. The van der Waals surface area contributed by atoms with Gasteiger partial charge in [0.2, 0.25) is 0 Å². The van der Waals surface area contributed by atoms with Gasteiger partial charge in [-0.25, -0.2) is 0 Å². The van der Waals surface area contributed by atoms with Gasteiger partial charge in [0.15, 0.2) is 6.61 Å². The quantitative estimate of drug-likeness (QED) is 0.635. The predicted octanol–water partition coefficient (Wildman–Crippen LogP) is 4.76. The van der Waals surface area contributed by atoms with E-state index in [1.807, 2.05) is 62.4 Å². The van der Waals surface area contributed by atoms with E-state index in [1.54, 1.807) is 41.3 Å². The van der Waals surface area contributed by atoms with Crippen LogP contribution in [-0.4, -0.2) is 24.5 Å². The number of nitrogens with zero attached hydrogens (tertiary/aromatic N) is 1. The van der Waals surface area contributed by atoms with E-state index in [0.717, 1.165) is 5.69 Å². The largest absolute Gasteiger partial charge is 0.484 e. The molecule has 29 heavy (non-hydrogen) atoms. The smallest absolute Gasteiger partial charge is 0.265 e. The molecule has 0 aliphatic carbocycles. The number of hydrogen-bond donors (Lipinski definition) is 1. The second-order valence-corrected chi connectivity index (χ2v) is 6.83. The lowest BCUT2D eigenvalue weighted by Gasteiger charge is -2.26. The third-order valence-electron chi connectivity index (χ3n) is 4.33. The average molecular weight is 388 g/mol. The Morgan fingerprint density at radius 2 is 1.45 bits per heavy atom. The Morgan fingerprint density at radius 1 is 0.862 bits per heavy atom. The molecule has 3 aromatic carbocycles. The van der Waals surface area contributed by atoms with Crippen LogP contribution in [-0.2, 0) is 4.79 Å². The van der Waals surface area contributed by atoms with E-state index in [1.165, 1.54) is 0 Å². The molecule has 0 aliphatic rings. The molecule has 0 aromatic heterocycles. The summed E-state index contributed by atoms with van der Waals surface area (Å²) >= 11 is 0. The van der Waals surface area contributed by atoms with Crippen molar-refractivity contribution in [3.05, 3.63) is 90.5 Å². The summed E-state index contributed by atoms with van der Waals surface area (Å²) in [5.74, 6) is 0.269. The van der Waals surface area contributed by atoms with Crippen molar-refractivity contribution >= 4 is 23.2 Å². The van der Waals surface area contributed by atoms with Crippen molar-refractivity contribution in [1.82, 2.24) is 0 Å². The average Bonchev–Trinajstić information content (AvgIpc) is 2.74. The number of carbonyl (C=O) groups is 2. The molecular formula is C24H24N2O3. The Labute approximate surface area is 170 Å². The molecule has 0 saturated heterocycles. The molecule has 0 aliphatic heterocycles. The highest BCUT2D eigenvalue weighted by Crippen LogP contribution is 2.19. The molecule has 0 saturated carbocycles. The zero-order valence-corrected chi connectivity index (χ0v) is 16.5. The lowest BCUT2D eigenvalue weighted by molar-refractivity contribution is -0.120. The van der Waals surface area contributed by atoms with Gasteiger partial charge in [-0.2, -0.15) is 0 Å². The normalized spacial score (nSPS) is 10.4. The molecule has 0 heterocycles. The van der Waals surface area contributed by atoms with Crippen LogP contribution in [0.3, 0.4) is 0 Å². The van der Waals surface area contributed by atoms with Crippen LogP contribution in [0.2, 0.25) is 0 Å². The van der Waals surface area contributed by atoms with Gasteiger partial charge < -0.3 is 15.0 Å². The summed E-state index contributed by atoms with van der Waals surface area (Å²) in [6, 6.07) is 25.5. The third-order valence-corrected chi connectivity index (χ3v) is 4.33. The number of anilines is 2. The molecule has 0 spiro atoms. The molecule has 5 heteroatoms. The first-order valence-electron chi connectivity index (χ1n) is 9.51. The maximum atomic E-state index is 12.7. The summed E-state index contributed by atoms with van der Waals surface area (Å²) in [6.07, 6.45) is 0. The Hall–Kier alpha value is -3.60. The minimum Gasteiger partial charge on any atom is -0.484 e. The molecule has 3 aromatic rings. The highest BCUT2D eigenvalue weighted by molar-refractivity contribution is 6.04. The Kier molecular flexibility index (Phi) is 6.63. The molecule has 148 valence electrons. The van der Waals surface area contributed by atoms with Crippen molar-refractivity contribution in [3.8, 4) is 5.75 Å². The van der Waals surface area contributed by atoms with Crippen LogP contribution >= 0.6 is 0 Å². The molecule has 5 nitrogen and oxygen atoms in total. The number of amides is 2. The van der Waals surface area contributed by atoms with Gasteiger partial charge in [-0.1, -0.05) is 36.4 Å². The van der Waals surface area contributed by atoms with E-state index in [2.05, 4.69) is 5.32 Å². The van der Waals surface area contributed by atoms with Crippen molar-refractivity contribution in [2.45, 2.75) is 19.9 Å². The van der Waals surface area contributed by atoms with Gasteiger partial charge in [0.25, 0.3) is 11.8 Å². The van der Waals surface area contributed by atoms with E-state index in [4.69, 9.17) is 4.74 Å². The minimum atomic E-state index is -0.176. The molecular weight excluding hydrogens is 364 g/mol. The van der Waals surface area contributed by atoms with E-state index in [9.17, 15) is 9.59 Å². The van der Waals surface area contributed by atoms with Crippen LogP contribution in [0.1, 0.15) is 24.2 Å². The fourth-order valence-corrected chi connectivity index (χ4v) is 2.96. The van der Waals surface area contributed by atoms with Gasteiger partial charge in [0, 0.05) is 23.0 Å². The van der Waals surface area contributed by atoms with Crippen LogP contribution in [0, 0.1) is 0 Å². The molecule has 0 radical (unpaired) electrons. The first-order valence-corrected chi connectivity index (χ1v) is 9.51. The molecule has 0 fully saturated rings. The van der Waals surface area contributed by atoms with Crippen molar-refractivity contribution in [2.75, 3.05) is 16.8 Å². The first kappa shape index (κ1) is 20.1. The lowest BCUT2D eigenvalue weighted by atomic mass is 10.2. The summed E-state index contributed by atoms with van der Waals surface area (Å²) in [6.45, 7) is 3.87. The Bertz CT molecular complexity index is 939. The summed E-state index contributed by atoms with van der Waals surface area (Å²) in [7, 11) is 0. The van der Waals surface area contributed by atoms with Crippen molar-refractivity contribution < 1.29 is 14.3 Å². The summed E-state index contributed by atoms with van der Waals surface area (Å²) in [5, 5.41) is 2.84. The van der Waals surface area contributed by atoms with Crippen LogP contribution in [0.5, 0.6) is 5.75 Å². The highest BCUT2D eigenvalue weighted by atomic mass is 16.5. The Balaban J connectivity index is 1.58. The number of ether oxygens (including phenoxy) is 1. The van der Waals surface area contributed by atoms with Crippen LogP contribution in [0.25, 0.3) is 0 Å². The second kappa shape index (κ2) is 9.55. The monoisotopic (exact) mass is 388 g/mol. The highest BCUT2D eigenvalue weighted by Gasteiger charge is 2.19. The Morgan fingerprint density at radius 3 is 2.03 bits per heavy atom. The van der Waals surface area contributed by atoms with Gasteiger partial charge >= 0.3 is 0 Å². The van der Waals surface area contributed by atoms with Crippen molar-refractivity contribution in [2.24, 2.45) is 0 Å². The van der Waals surface area contributed by atoms with Crippen LogP contribution < -0.4 is 15.0 Å². The number of para-hydroxylation sites is 1. The summed E-state index contributed by atoms with van der Waals surface area (Å²) in [5.41, 5.74) is 2.09. The fraction of sp³-hybridized carbons (Fsp3) is 0.167. The number of nitrogens with one attached hydrogen (secondary N) is 1. The fourth-order valence-electron chi connectivity index (χ4n) is 2.96. The van der Waals surface area contributed by atoms with E-state index >= 15 is 0 Å². The second-order valence-electron chi connectivity index (χ2n) is 6.83. The molecule has 1 N–H and O–H groups in total. The topological polar surface area (TPSA) is 58.6 Å². The number of carbonyl (C=O) groups excluding carboxylic acids is 2. The number of hydrogen-bond acceptors (Lipinski definition) is 3. The zero-order chi connectivity index (χ0) is 20.6. The van der Waals surface area contributed by atoms with Gasteiger partial charge in [-0.3, -0.25) is 9.59 Å². The van der Waals surface area contributed by atoms with Crippen molar-refractivity contribution in [3.63, 3.8) is 0 Å². The van der Waals surface area contributed by atoms with E-state index in [-0.39, 0.29) is 24.5 Å². The maximum Gasteiger partial charge on any atom is 0.265 e. The van der Waals surface area contributed by atoms with Crippen LogP contribution in [0.4, 0.5) is 11.4 Å². The minimum absolute atomic E-state index is 0.0177. The van der Waals surface area contributed by atoms with Crippen molar-refractivity contribution in [1.29, 1.82) is 0 Å². The molecule has 3 rings (SSSR count). The van der Waals surface area contributed by atoms with Gasteiger partial charge in [0.05, 0.1) is 0 Å². The molecule has 0 bridgehead atoms. The first-order chi connectivity index (χ1) is 14.0. The maximum absolute atomic E-state index is 12.7. The standard InChI is InChI=1S/C24H24N2O3/c1-18(2)26(21-11-7-4-8-12-21)23(27)17-29-22-15-13-20(14-16-22)25-24(28)19-9-5-3-6-10-19/h3-16,18H,17H2,1-2H3,(H,25,28). The molecule has 2 amide bonds. The number of benzene rings is 3. The SMILES string of the molecule is CC(C)N(C(=O)COc1ccc(NC(=O)c2ccccc2)cc1)c1ccccc1. The zero-order valence-electron chi connectivity index (χ0n) is 16.5. The van der Waals surface area contributed by atoms with Crippen LogP contribution in [0.15, 0.2) is 84.9 Å². The summed E-state index contributed by atoms with van der Waals surface area (Å²) in [4.78, 5) is 26.6. The molecule has 0 unspecified atom stereocenters. The summed E-state index contributed by atoms with van der Waals surface area (Å²) < 4.78 is 5.66.